The molecule has 0 aromatic carbocycles. The second-order valence-electron chi connectivity index (χ2n) is 2.52. The van der Waals surface area contributed by atoms with Crippen molar-refractivity contribution < 1.29 is 9.90 Å². The molecule has 1 heterocycles. The molecular formula is C6H12N2O2. The van der Waals surface area contributed by atoms with Crippen molar-refractivity contribution in [1.82, 2.24) is 10.6 Å². The average molecular weight is 144 g/mol. The van der Waals surface area contributed by atoms with Crippen molar-refractivity contribution in [1.29, 1.82) is 0 Å². The number of rotatable bonds is 2. The van der Waals surface area contributed by atoms with Gasteiger partial charge < -0.3 is 15.7 Å². The molecule has 10 heavy (non-hydrogen) atoms. The summed E-state index contributed by atoms with van der Waals surface area (Å²) >= 11 is 0. The highest BCUT2D eigenvalue weighted by molar-refractivity contribution is 5.73. The lowest BCUT2D eigenvalue weighted by molar-refractivity contribution is -0.139. The maximum atomic E-state index is 10.4. The molecule has 3 N–H and O–H groups in total. The van der Waals surface area contributed by atoms with Crippen LogP contribution in [0.1, 0.15) is 6.42 Å². The second-order valence-corrected chi connectivity index (χ2v) is 2.52. The zero-order chi connectivity index (χ0) is 7.56. The fourth-order valence-electron chi connectivity index (χ4n) is 1.14. The minimum Gasteiger partial charge on any atom is -0.480 e. The van der Waals surface area contributed by atoms with E-state index in [0.717, 1.165) is 6.54 Å². The van der Waals surface area contributed by atoms with E-state index in [1.54, 1.807) is 0 Å². The van der Waals surface area contributed by atoms with Crippen LogP contribution in [-0.4, -0.2) is 36.8 Å². The van der Waals surface area contributed by atoms with E-state index in [4.69, 9.17) is 5.11 Å². The molecule has 4 nitrogen and oxygen atoms in total. The molecule has 58 valence electrons. The lowest BCUT2D eigenvalue weighted by atomic mass is 10.2. The Morgan fingerprint density at radius 3 is 2.80 bits per heavy atom. The Morgan fingerprint density at radius 1 is 1.80 bits per heavy atom. The first-order valence-electron chi connectivity index (χ1n) is 3.37. The average Bonchev–Trinajstić information content (AvgIpc) is 2.34. The van der Waals surface area contributed by atoms with Gasteiger partial charge in [-0.2, -0.15) is 0 Å². The van der Waals surface area contributed by atoms with E-state index >= 15 is 0 Å². The van der Waals surface area contributed by atoms with E-state index in [2.05, 4.69) is 10.6 Å². The van der Waals surface area contributed by atoms with Crippen LogP contribution in [0.15, 0.2) is 0 Å². The van der Waals surface area contributed by atoms with Crippen LogP contribution in [0.4, 0.5) is 0 Å². The molecule has 0 saturated carbocycles. The fraction of sp³-hybridized carbons (Fsp3) is 0.833. The van der Waals surface area contributed by atoms with Gasteiger partial charge in [-0.15, -0.1) is 0 Å². The van der Waals surface area contributed by atoms with Crippen LogP contribution in [0.5, 0.6) is 0 Å². The van der Waals surface area contributed by atoms with Crippen LogP contribution in [0, 0.1) is 0 Å². The van der Waals surface area contributed by atoms with Crippen LogP contribution >= 0.6 is 0 Å². The predicted octanol–water partition coefficient (Wildman–Crippen LogP) is -0.979. The third kappa shape index (κ3) is 1.46. The van der Waals surface area contributed by atoms with Gasteiger partial charge in [0.2, 0.25) is 0 Å². The summed E-state index contributed by atoms with van der Waals surface area (Å²) < 4.78 is 0. The molecule has 1 rings (SSSR count). The molecule has 1 aliphatic heterocycles. The molecule has 0 radical (unpaired) electrons. The van der Waals surface area contributed by atoms with Gasteiger partial charge in [-0.25, -0.2) is 0 Å². The molecule has 1 saturated heterocycles. The molecule has 2 atom stereocenters. The number of aliphatic carboxylic acids is 1. The molecule has 4 heteroatoms. The zero-order valence-electron chi connectivity index (χ0n) is 5.92. The Balaban J connectivity index is 2.35. The van der Waals surface area contributed by atoms with Gasteiger partial charge in [0.15, 0.2) is 0 Å². The highest BCUT2D eigenvalue weighted by Gasteiger charge is 2.27. The number of nitrogens with one attached hydrogen (secondary N) is 2. The van der Waals surface area contributed by atoms with Crippen molar-refractivity contribution in [2.45, 2.75) is 18.5 Å². The summed E-state index contributed by atoms with van der Waals surface area (Å²) in [7, 11) is 1.84. The summed E-state index contributed by atoms with van der Waals surface area (Å²) in [6, 6.07) is -0.0291. The minimum atomic E-state index is -0.752. The Morgan fingerprint density at radius 2 is 2.50 bits per heavy atom. The molecule has 0 spiro atoms. The second kappa shape index (κ2) is 2.98. The van der Waals surface area contributed by atoms with Gasteiger partial charge in [-0.05, 0) is 13.5 Å². The van der Waals surface area contributed by atoms with Crippen LogP contribution < -0.4 is 10.6 Å². The standard InChI is InChI=1S/C6H12N2O2/c1-7-4-2-5(6(9)10)8-3-4/h4-5,7-8H,2-3H2,1H3,(H,9,10). The molecular weight excluding hydrogens is 132 g/mol. The first-order chi connectivity index (χ1) is 4.74. The maximum absolute atomic E-state index is 10.4. The lowest BCUT2D eigenvalue weighted by Crippen LogP contribution is -2.30. The third-order valence-corrected chi connectivity index (χ3v) is 1.84. The Bertz CT molecular complexity index is 138. The van der Waals surface area contributed by atoms with Crippen LogP contribution in [0.3, 0.4) is 0 Å². The van der Waals surface area contributed by atoms with Crippen molar-refractivity contribution in [3.63, 3.8) is 0 Å². The Labute approximate surface area is 59.6 Å². The van der Waals surface area contributed by atoms with Crippen molar-refractivity contribution in [3.8, 4) is 0 Å². The zero-order valence-corrected chi connectivity index (χ0v) is 5.92. The monoisotopic (exact) mass is 144 g/mol. The molecule has 1 fully saturated rings. The largest absolute Gasteiger partial charge is 0.480 e. The van der Waals surface area contributed by atoms with Crippen molar-refractivity contribution in [2.75, 3.05) is 13.6 Å². The molecule has 0 amide bonds. The van der Waals surface area contributed by atoms with Crippen LogP contribution in [0.2, 0.25) is 0 Å². The summed E-state index contributed by atoms with van der Waals surface area (Å²) in [5.74, 6) is -0.752. The van der Waals surface area contributed by atoms with E-state index in [1.165, 1.54) is 0 Å². The summed E-state index contributed by atoms with van der Waals surface area (Å²) in [5, 5.41) is 14.5. The van der Waals surface area contributed by atoms with E-state index < -0.39 is 5.97 Å². The summed E-state index contributed by atoms with van der Waals surface area (Å²) in [4.78, 5) is 10.4. The van der Waals surface area contributed by atoms with Crippen molar-refractivity contribution in [2.24, 2.45) is 0 Å². The smallest absolute Gasteiger partial charge is 0.320 e. The summed E-state index contributed by atoms with van der Waals surface area (Å²) in [6.45, 7) is 0.757. The molecule has 0 aromatic heterocycles. The van der Waals surface area contributed by atoms with E-state index in [1.807, 2.05) is 7.05 Å². The van der Waals surface area contributed by atoms with Gasteiger partial charge in [0.05, 0.1) is 0 Å². The maximum Gasteiger partial charge on any atom is 0.320 e. The Hall–Kier alpha value is -0.610. The predicted molar refractivity (Wildman–Crippen MR) is 36.9 cm³/mol. The Kier molecular flexibility index (Phi) is 2.24. The number of carbonyl (C=O) groups is 1. The van der Waals surface area contributed by atoms with Gasteiger partial charge in [0, 0.05) is 12.6 Å². The summed E-state index contributed by atoms with van der Waals surface area (Å²) in [6.07, 6.45) is 0.686. The molecule has 0 aliphatic carbocycles. The fourth-order valence-corrected chi connectivity index (χ4v) is 1.14. The van der Waals surface area contributed by atoms with Gasteiger partial charge in [-0.3, -0.25) is 4.79 Å². The number of hydrogen-bond acceptors (Lipinski definition) is 3. The number of likely N-dealkylation sites (N-methyl/N-ethyl adjacent to an activating group) is 1. The van der Waals surface area contributed by atoms with E-state index in [9.17, 15) is 4.79 Å². The lowest BCUT2D eigenvalue weighted by Gasteiger charge is -2.04. The van der Waals surface area contributed by atoms with Gasteiger partial charge in [-0.1, -0.05) is 0 Å². The number of carboxylic acids is 1. The first kappa shape index (κ1) is 7.50. The quantitative estimate of drug-likeness (QED) is 0.466. The molecule has 1 aliphatic rings. The summed E-state index contributed by atoms with van der Waals surface area (Å²) in [5.41, 5.74) is 0. The number of hydrogen-bond donors (Lipinski definition) is 3. The molecule has 0 aromatic rings. The van der Waals surface area contributed by atoms with Gasteiger partial charge in [0.25, 0.3) is 0 Å². The molecule has 2 unspecified atom stereocenters. The van der Waals surface area contributed by atoms with E-state index in [-0.39, 0.29) is 6.04 Å². The topological polar surface area (TPSA) is 61.4 Å². The normalized spacial score (nSPS) is 32.5. The van der Waals surface area contributed by atoms with Crippen molar-refractivity contribution in [3.05, 3.63) is 0 Å². The first-order valence-corrected chi connectivity index (χ1v) is 3.37. The van der Waals surface area contributed by atoms with Crippen LogP contribution in [-0.2, 0) is 4.79 Å². The number of carboxylic acid groups (broad SMARTS) is 1. The van der Waals surface area contributed by atoms with Gasteiger partial charge >= 0.3 is 5.97 Å². The van der Waals surface area contributed by atoms with Gasteiger partial charge in [0.1, 0.15) is 6.04 Å². The highest BCUT2D eigenvalue weighted by atomic mass is 16.4. The third-order valence-electron chi connectivity index (χ3n) is 1.84. The minimum absolute atomic E-state index is 0.320. The van der Waals surface area contributed by atoms with Crippen LogP contribution in [0.25, 0.3) is 0 Å². The van der Waals surface area contributed by atoms with Crippen molar-refractivity contribution >= 4 is 5.97 Å². The molecule has 0 bridgehead atoms. The SMILES string of the molecule is CNC1CNC(C(=O)O)C1. The van der Waals surface area contributed by atoms with E-state index in [0.29, 0.717) is 12.5 Å². The highest BCUT2D eigenvalue weighted by Crippen LogP contribution is 2.05.